The van der Waals surface area contributed by atoms with Gasteiger partial charge in [0.2, 0.25) is 5.91 Å². The summed E-state index contributed by atoms with van der Waals surface area (Å²) in [5.74, 6) is -0.214. The molecule has 0 heterocycles. The van der Waals surface area contributed by atoms with Gasteiger partial charge in [0.15, 0.2) is 0 Å². The summed E-state index contributed by atoms with van der Waals surface area (Å²) in [6.45, 7) is 4.65. The highest BCUT2D eigenvalue weighted by Crippen LogP contribution is 2.43. The number of carbonyl (C=O) groups is 1. The molecule has 0 bridgehead atoms. The molecule has 0 saturated heterocycles. The van der Waals surface area contributed by atoms with Crippen molar-refractivity contribution in [3.05, 3.63) is 97.2 Å². The van der Waals surface area contributed by atoms with Crippen LogP contribution in [0.1, 0.15) is 206 Å². The molecule has 0 radical (unpaired) electrons. The lowest BCUT2D eigenvalue weighted by atomic mass is 10.0. The first kappa shape index (κ1) is 63.4. The number of rotatable bonds is 47. The van der Waals surface area contributed by atoms with Gasteiger partial charge in [0.05, 0.1) is 39.9 Å². The Kier molecular flexibility index (Phi) is 45.6. The van der Waals surface area contributed by atoms with Crippen LogP contribution in [0.25, 0.3) is 0 Å². The molecule has 0 aromatic carbocycles. The Morgan fingerprint density at radius 3 is 1.39 bits per heavy atom. The zero-order valence-corrected chi connectivity index (χ0v) is 44.0. The molecule has 0 saturated carbocycles. The molecule has 3 N–H and O–H groups in total. The highest BCUT2D eigenvalue weighted by atomic mass is 31.2. The smallest absolute Gasteiger partial charge is 0.387 e. The first-order valence-corrected chi connectivity index (χ1v) is 28.1. The molecule has 66 heavy (non-hydrogen) atoms. The fourth-order valence-electron chi connectivity index (χ4n) is 7.12. The maximum Gasteiger partial charge on any atom is 0.472 e. The van der Waals surface area contributed by atoms with E-state index in [0.717, 1.165) is 89.9 Å². The minimum atomic E-state index is -4.37. The van der Waals surface area contributed by atoms with Gasteiger partial charge in [-0.3, -0.25) is 13.8 Å². The standard InChI is InChI=1S/C57H101N2O6P/c1-6-8-10-12-14-16-18-20-22-24-26-28-29-31-33-35-37-39-41-43-45-47-49-51-57(61)58-55(54-65-66(62,63)64-53-52-59(3,4)5)56(60)50-48-46-44-42-40-38-36-34-32-30-27-25-23-21-19-17-15-13-11-9-7-2/h8,10,14,16,20,22,26,28,31,33,37,39-40,42,48,50,55-56,60H,6-7,9,11-13,15,17-19,21,23-25,27,29-30,32,34-36,38,41,43-47,49,51-54H2,1-5H3,(H-,58,61,62,63)/p+1/b10-8-,16-14-,22-20-,28-26-,33-31-,39-37-,42-40+,50-48+. The largest absolute Gasteiger partial charge is 0.472 e. The summed E-state index contributed by atoms with van der Waals surface area (Å²) in [4.78, 5) is 23.2. The fourth-order valence-corrected chi connectivity index (χ4v) is 7.85. The summed E-state index contributed by atoms with van der Waals surface area (Å²) in [6.07, 6.45) is 67.8. The molecule has 0 aromatic rings. The number of carbonyl (C=O) groups excluding carboxylic acids is 1. The molecular weight excluding hydrogens is 840 g/mol. The quantitative estimate of drug-likeness (QED) is 0.0243. The Hall–Kier alpha value is -2.58. The lowest BCUT2D eigenvalue weighted by Crippen LogP contribution is -2.45. The molecule has 0 spiro atoms. The van der Waals surface area contributed by atoms with Crippen molar-refractivity contribution in [1.82, 2.24) is 5.32 Å². The first-order valence-electron chi connectivity index (χ1n) is 26.6. The number of unbranched alkanes of at least 4 members (excludes halogenated alkanes) is 20. The molecule has 3 unspecified atom stereocenters. The predicted molar refractivity (Wildman–Crippen MR) is 286 cm³/mol. The molecule has 0 fully saturated rings. The molecule has 8 nitrogen and oxygen atoms in total. The van der Waals surface area contributed by atoms with E-state index in [4.69, 9.17) is 9.05 Å². The van der Waals surface area contributed by atoms with Crippen LogP contribution in [0.15, 0.2) is 97.2 Å². The van der Waals surface area contributed by atoms with Crippen LogP contribution in [-0.2, 0) is 18.4 Å². The molecule has 9 heteroatoms. The van der Waals surface area contributed by atoms with E-state index in [-0.39, 0.29) is 19.1 Å². The number of hydrogen-bond acceptors (Lipinski definition) is 5. The Balaban J connectivity index is 4.42. The number of amides is 1. The zero-order valence-electron chi connectivity index (χ0n) is 43.1. The fraction of sp³-hybridized carbons (Fsp3) is 0.702. The summed E-state index contributed by atoms with van der Waals surface area (Å²) in [6, 6.07) is -0.884. The van der Waals surface area contributed by atoms with E-state index in [1.807, 2.05) is 27.2 Å². The predicted octanol–water partition coefficient (Wildman–Crippen LogP) is 15.9. The Bertz CT molecular complexity index is 1390. The van der Waals surface area contributed by atoms with Crippen molar-refractivity contribution in [2.75, 3.05) is 40.9 Å². The summed E-state index contributed by atoms with van der Waals surface area (Å²) in [5.41, 5.74) is 0. The molecule has 0 rings (SSSR count). The minimum absolute atomic E-state index is 0.0454. The summed E-state index contributed by atoms with van der Waals surface area (Å²) >= 11 is 0. The van der Waals surface area contributed by atoms with Crippen LogP contribution in [0.5, 0.6) is 0 Å². The van der Waals surface area contributed by atoms with Crippen molar-refractivity contribution in [3.63, 3.8) is 0 Å². The SMILES string of the molecule is CC/C=C\C/C=C\C/C=C\C/C=C\C/C=C\C/C=C\CCCCCCC(=O)NC(COP(=O)(O)OCC[N+](C)(C)C)C(O)/C=C/CC/C=C/CCCCCCCCCCCCCCCCC. The van der Waals surface area contributed by atoms with Gasteiger partial charge < -0.3 is 19.8 Å². The van der Waals surface area contributed by atoms with E-state index in [2.05, 4.69) is 104 Å². The van der Waals surface area contributed by atoms with E-state index in [9.17, 15) is 19.4 Å². The molecule has 0 aliphatic rings. The van der Waals surface area contributed by atoms with Crippen LogP contribution in [-0.4, -0.2) is 73.4 Å². The molecular formula is C57H102N2O6P+. The zero-order chi connectivity index (χ0) is 48.5. The molecule has 1 amide bonds. The maximum atomic E-state index is 12.9. The molecule has 3 atom stereocenters. The number of hydrogen-bond donors (Lipinski definition) is 3. The third kappa shape index (κ3) is 49.3. The number of quaternary nitrogens is 1. The number of allylic oxidation sites excluding steroid dienone is 15. The van der Waals surface area contributed by atoms with Crippen molar-refractivity contribution >= 4 is 13.7 Å². The van der Waals surface area contributed by atoms with Crippen molar-refractivity contribution < 1.29 is 32.9 Å². The summed E-state index contributed by atoms with van der Waals surface area (Å²) in [7, 11) is 1.52. The molecule has 0 aliphatic carbocycles. The van der Waals surface area contributed by atoms with Crippen LogP contribution in [0.2, 0.25) is 0 Å². The minimum Gasteiger partial charge on any atom is -0.387 e. The van der Waals surface area contributed by atoms with Gasteiger partial charge in [-0.05, 0) is 83.5 Å². The second-order valence-corrected chi connectivity index (χ2v) is 20.3. The average molecular weight is 942 g/mol. The van der Waals surface area contributed by atoms with Crippen molar-refractivity contribution in [1.29, 1.82) is 0 Å². The second kappa shape index (κ2) is 47.5. The number of aliphatic hydroxyl groups is 1. The van der Waals surface area contributed by atoms with Crippen molar-refractivity contribution in [3.8, 4) is 0 Å². The third-order valence-electron chi connectivity index (χ3n) is 11.3. The normalized spacial score (nSPS) is 14.8. The van der Waals surface area contributed by atoms with Crippen LogP contribution < -0.4 is 5.32 Å². The Morgan fingerprint density at radius 1 is 0.530 bits per heavy atom. The van der Waals surface area contributed by atoms with Crippen molar-refractivity contribution in [2.24, 2.45) is 0 Å². The van der Waals surface area contributed by atoms with E-state index >= 15 is 0 Å². The van der Waals surface area contributed by atoms with Gasteiger partial charge in [0.1, 0.15) is 13.2 Å². The number of nitrogens with one attached hydrogen (secondary N) is 1. The average Bonchev–Trinajstić information content (AvgIpc) is 3.28. The Morgan fingerprint density at radius 2 is 0.924 bits per heavy atom. The monoisotopic (exact) mass is 942 g/mol. The summed E-state index contributed by atoms with van der Waals surface area (Å²) < 4.78 is 23.6. The van der Waals surface area contributed by atoms with Gasteiger partial charge in [-0.15, -0.1) is 0 Å². The van der Waals surface area contributed by atoms with Gasteiger partial charge in [0.25, 0.3) is 0 Å². The third-order valence-corrected chi connectivity index (χ3v) is 12.3. The topological polar surface area (TPSA) is 105 Å². The van der Waals surface area contributed by atoms with Crippen molar-refractivity contribution in [2.45, 2.75) is 219 Å². The highest BCUT2D eigenvalue weighted by Gasteiger charge is 2.27. The molecule has 0 aromatic heterocycles. The molecule has 380 valence electrons. The van der Waals surface area contributed by atoms with Gasteiger partial charge in [-0.25, -0.2) is 4.57 Å². The second-order valence-electron chi connectivity index (χ2n) is 18.9. The van der Waals surface area contributed by atoms with Crippen LogP contribution in [0, 0.1) is 0 Å². The van der Waals surface area contributed by atoms with E-state index in [1.165, 1.54) is 96.3 Å². The van der Waals surface area contributed by atoms with Crippen LogP contribution >= 0.6 is 7.82 Å². The number of nitrogens with zero attached hydrogens (tertiary/aromatic N) is 1. The van der Waals surface area contributed by atoms with Gasteiger partial charge in [0, 0.05) is 6.42 Å². The number of phosphoric ester groups is 1. The molecule has 0 aliphatic heterocycles. The van der Waals surface area contributed by atoms with E-state index in [1.54, 1.807) is 6.08 Å². The highest BCUT2D eigenvalue weighted by molar-refractivity contribution is 7.47. The summed E-state index contributed by atoms with van der Waals surface area (Å²) in [5, 5.41) is 13.9. The first-order chi connectivity index (χ1) is 32.0. The van der Waals surface area contributed by atoms with Crippen LogP contribution in [0.4, 0.5) is 0 Å². The number of aliphatic hydroxyl groups excluding tert-OH is 1. The lowest BCUT2D eigenvalue weighted by Gasteiger charge is -2.25. The number of phosphoric acid groups is 1. The van der Waals surface area contributed by atoms with Gasteiger partial charge in [-0.1, -0.05) is 214 Å². The van der Waals surface area contributed by atoms with E-state index in [0.29, 0.717) is 17.4 Å². The maximum absolute atomic E-state index is 12.9. The van der Waals surface area contributed by atoms with Gasteiger partial charge >= 0.3 is 7.82 Å². The van der Waals surface area contributed by atoms with Gasteiger partial charge in [-0.2, -0.15) is 0 Å². The van der Waals surface area contributed by atoms with E-state index < -0.39 is 20.0 Å². The number of likely N-dealkylation sites (N-methyl/N-ethyl adjacent to an activating group) is 1. The Labute approximate surface area is 407 Å². The lowest BCUT2D eigenvalue weighted by molar-refractivity contribution is -0.870. The van der Waals surface area contributed by atoms with Crippen LogP contribution in [0.3, 0.4) is 0 Å².